The molecule has 4 nitrogen and oxygen atoms in total. The van der Waals surface area contributed by atoms with E-state index < -0.39 is 0 Å². The molecule has 0 amide bonds. The van der Waals surface area contributed by atoms with Crippen LogP contribution < -0.4 is 5.73 Å². The van der Waals surface area contributed by atoms with E-state index in [0.29, 0.717) is 18.2 Å². The molecule has 2 N–H and O–H groups in total. The van der Waals surface area contributed by atoms with Crippen LogP contribution in [0.1, 0.15) is 5.82 Å². The van der Waals surface area contributed by atoms with E-state index in [9.17, 15) is 4.39 Å². The maximum atomic E-state index is 12.7. The minimum Gasteiger partial charge on any atom is -0.324 e. The summed E-state index contributed by atoms with van der Waals surface area (Å²) in [5.41, 5.74) is 6.27. The fourth-order valence-electron chi connectivity index (χ4n) is 1.32. The molecule has 78 valence electrons. The molecule has 0 bridgehead atoms. The largest absolute Gasteiger partial charge is 0.324 e. The van der Waals surface area contributed by atoms with Crippen molar-refractivity contribution in [2.45, 2.75) is 6.54 Å². The smallest absolute Gasteiger partial charge is 0.181 e. The van der Waals surface area contributed by atoms with Gasteiger partial charge in [0.05, 0.1) is 6.54 Å². The number of aromatic nitrogens is 3. The highest BCUT2D eigenvalue weighted by Crippen LogP contribution is 2.15. The van der Waals surface area contributed by atoms with Crippen LogP contribution in [0.3, 0.4) is 0 Å². The zero-order valence-corrected chi connectivity index (χ0v) is 8.31. The van der Waals surface area contributed by atoms with Gasteiger partial charge in [-0.1, -0.05) is 0 Å². The van der Waals surface area contributed by atoms with Crippen molar-refractivity contribution in [3.05, 3.63) is 35.9 Å². The second-order valence-corrected chi connectivity index (χ2v) is 3.19. The van der Waals surface area contributed by atoms with E-state index in [2.05, 4.69) is 10.1 Å². The highest BCUT2D eigenvalue weighted by atomic mass is 19.1. The second-order valence-electron chi connectivity index (χ2n) is 3.19. The Morgan fingerprint density at radius 3 is 2.53 bits per heavy atom. The van der Waals surface area contributed by atoms with Crippen LogP contribution in [-0.4, -0.2) is 14.8 Å². The molecule has 0 aliphatic rings. The number of nitrogens with two attached hydrogens (primary N) is 1. The topological polar surface area (TPSA) is 56.7 Å². The Balaban J connectivity index is 2.41. The third-order valence-electron chi connectivity index (χ3n) is 2.14. The summed E-state index contributed by atoms with van der Waals surface area (Å²) in [6, 6.07) is 6.05. The molecule has 0 radical (unpaired) electrons. The molecule has 0 saturated heterocycles. The molecule has 5 heteroatoms. The Morgan fingerprint density at radius 2 is 2.00 bits per heavy atom. The number of halogens is 1. The van der Waals surface area contributed by atoms with Gasteiger partial charge in [0.25, 0.3) is 0 Å². The molecular weight excluding hydrogens is 195 g/mol. The SMILES string of the molecule is Cn1nc(-c2ccc(F)cc2)nc1CN. The van der Waals surface area contributed by atoms with E-state index in [1.807, 2.05) is 0 Å². The van der Waals surface area contributed by atoms with Crippen LogP contribution in [0, 0.1) is 5.82 Å². The fraction of sp³-hybridized carbons (Fsp3) is 0.200. The van der Waals surface area contributed by atoms with Crippen LogP contribution in [0.4, 0.5) is 4.39 Å². The lowest BCUT2D eigenvalue weighted by Gasteiger charge is -1.93. The van der Waals surface area contributed by atoms with E-state index in [4.69, 9.17) is 5.73 Å². The summed E-state index contributed by atoms with van der Waals surface area (Å²) in [7, 11) is 1.78. The maximum Gasteiger partial charge on any atom is 0.181 e. The molecule has 0 aliphatic carbocycles. The minimum absolute atomic E-state index is 0.270. The summed E-state index contributed by atoms with van der Waals surface area (Å²) in [5, 5.41) is 4.18. The summed E-state index contributed by atoms with van der Waals surface area (Å²) < 4.78 is 14.3. The van der Waals surface area contributed by atoms with E-state index in [-0.39, 0.29) is 5.82 Å². The molecule has 0 atom stereocenters. The van der Waals surface area contributed by atoms with Gasteiger partial charge in [-0.05, 0) is 24.3 Å². The Hall–Kier alpha value is -1.75. The third kappa shape index (κ3) is 1.87. The lowest BCUT2D eigenvalue weighted by atomic mass is 10.2. The molecule has 2 rings (SSSR count). The Kier molecular flexibility index (Phi) is 2.47. The van der Waals surface area contributed by atoms with Gasteiger partial charge in [-0.25, -0.2) is 9.37 Å². The molecule has 1 aromatic heterocycles. The molecule has 0 aliphatic heterocycles. The summed E-state index contributed by atoms with van der Waals surface area (Å²) in [6.45, 7) is 0.338. The normalized spacial score (nSPS) is 10.6. The lowest BCUT2D eigenvalue weighted by molar-refractivity contribution is 0.628. The summed E-state index contributed by atoms with van der Waals surface area (Å²) >= 11 is 0. The number of nitrogens with zero attached hydrogens (tertiary/aromatic N) is 3. The van der Waals surface area contributed by atoms with E-state index in [1.165, 1.54) is 12.1 Å². The van der Waals surface area contributed by atoms with Crippen LogP contribution >= 0.6 is 0 Å². The van der Waals surface area contributed by atoms with Gasteiger partial charge in [-0.15, -0.1) is 0 Å². The molecule has 0 spiro atoms. The first-order chi connectivity index (χ1) is 7.20. The molecule has 1 heterocycles. The highest BCUT2D eigenvalue weighted by Gasteiger charge is 2.07. The third-order valence-corrected chi connectivity index (χ3v) is 2.14. The molecular formula is C10H11FN4. The predicted molar refractivity (Wildman–Crippen MR) is 54.3 cm³/mol. The molecule has 1 aromatic carbocycles. The van der Waals surface area contributed by atoms with E-state index >= 15 is 0 Å². The van der Waals surface area contributed by atoms with Gasteiger partial charge in [0.15, 0.2) is 5.82 Å². The standard InChI is InChI=1S/C10H11FN4/c1-15-9(6-12)13-10(14-15)7-2-4-8(11)5-3-7/h2-5H,6,12H2,1H3. The molecule has 0 saturated carbocycles. The number of hydrogen-bond donors (Lipinski definition) is 1. The van der Waals surface area contributed by atoms with Crippen LogP contribution in [0.5, 0.6) is 0 Å². The molecule has 0 fully saturated rings. The first kappa shape index (κ1) is 9.79. The first-order valence-electron chi connectivity index (χ1n) is 4.56. The van der Waals surface area contributed by atoms with Crippen molar-refractivity contribution < 1.29 is 4.39 Å². The lowest BCUT2D eigenvalue weighted by Crippen LogP contribution is -2.05. The van der Waals surface area contributed by atoms with Crippen molar-refractivity contribution in [2.24, 2.45) is 12.8 Å². The Morgan fingerprint density at radius 1 is 1.33 bits per heavy atom. The van der Waals surface area contributed by atoms with Gasteiger partial charge in [-0.2, -0.15) is 5.10 Å². The van der Waals surface area contributed by atoms with Crippen LogP contribution in [0.15, 0.2) is 24.3 Å². The number of aryl methyl sites for hydroxylation is 1. The average Bonchev–Trinajstić information content (AvgIpc) is 2.61. The quantitative estimate of drug-likeness (QED) is 0.799. The van der Waals surface area contributed by atoms with Gasteiger partial charge in [0.1, 0.15) is 11.6 Å². The molecule has 2 aromatic rings. The minimum atomic E-state index is -0.270. The van der Waals surface area contributed by atoms with Gasteiger partial charge in [-0.3, -0.25) is 4.68 Å². The summed E-state index contributed by atoms with van der Waals surface area (Å²) in [4.78, 5) is 4.23. The second kappa shape index (κ2) is 3.78. The van der Waals surface area contributed by atoms with Crippen LogP contribution in [-0.2, 0) is 13.6 Å². The number of rotatable bonds is 2. The summed E-state index contributed by atoms with van der Waals surface area (Å²) in [5.74, 6) is 1.00. The summed E-state index contributed by atoms with van der Waals surface area (Å²) in [6.07, 6.45) is 0. The zero-order valence-electron chi connectivity index (χ0n) is 8.31. The van der Waals surface area contributed by atoms with Crippen LogP contribution in [0.25, 0.3) is 11.4 Å². The van der Waals surface area contributed by atoms with Crippen molar-refractivity contribution in [2.75, 3.05) is 0 Å². The zero-order chi connectivity index (χ0) is 10.8. The molecule has 0 unspecified atom stereocenters. The van der Waals surface area contributed by atoms with E-state index in [1.54, 1.807) is 23.9 Å². The predicted octanol–water partition coefficient (Wildman–Crippen LogP) is 1.08. The fourth-order valence-corrected chi connectivity index (χ4v) is 1.32. The van der Waals surface area contributed by atoms with Gasteiger partial charge in [0.2, 0.25) is 0 Å². The maximum absolute atomic E-state index is 12.7. The van der Waals surface area contributed by atoms with E-state index in [0.717, 1.165) is 5.56 Å². The van der Waals surface area contributed by atoms with Crippen molar-refractivity contribution >= 4 is 0 Å². The van der Waals surface area contributed by atoms with Gasteiger partial charge < -0.3 is 5.73 Å². The Bertz CT molecular complexity index is 461. The Labute approximate surface area is 86.6 Å². The number of hydrogen-bond acceptors (Lipinski definition) is 3. The van der Waals surface area contributed by atoms with Crippen molar-refractivity contribution in [1.29, 1.82) is 0 Å². The van der Waals surface area contributed by atoms with Crippen molar-refractivity contribution in [3.63, 3.8) is 0 Å². The van der Waals surface area contributed by atoms with Crippen molar-refractivity contribution in [1.82, 2.24) is 14.8 Å². The average molecular weight is 206 g/mol. The number of benzene rings is 1. The first-order valence-corrected chi connectivity index (χ1v) is 4.56. The monoisotopic (exact) mass is 206 g/mol. The van der Waals surface area contributed by atoms with Gasteiger partial charge in [0, 0.05) is 12.6 Å². The van der Waals surface area contributed by atoms with Crippen LogP contribution in [0.2, 0.25) is 0 Å². The molecule has 15 heavy (non-hydrogen) atoms. The van der Waals surface area contributed by atoms with Crippen molar-refractivity contribution in [3.8, 4) is 11.4 Å². The highest BCUT2D eigenvalue weighted by molar-refractivity contribution is 5.54. The van der Waals surface area contributed by atoms with Gasteiger partial charge >= 0.3 is 0 Å².